The fourth-order valence-corrected chi connectivity index (χ4v) is 4.75. The van der Waals surface area contributed by atoms with E-state index in [-0.39, 0.29) is 12.8 Å². The highest BCUT2D eigenvalue weighted by Gasteiger charge is 2.15. The smallest absolute Gasteiger partial charge is 0.307 e. The molecule has 0 saturated heterocycles. The summed E-state index contributed by atoms with van der Waals surface area (Å²) in [6.07, 6.45) is 5.95. The second-order valence-electron chi connectivity index (χ2n) is 9.31. The van der Waals surface area contributed by atoms with E-state index in [0.29, 0.717) is 19.6 Å². The fraction of sp³-hybridized carbons (Fsp3) is 0.290. The van der Waals surface area contributed by atoms with Crippen LogP contribution in [0.5, 0.6) is 5.75 Å². The Labute approximate surface area is 217 Å². The lowest BCUT2D eigenvalue weighted by Crippen LogP contribution is -2.01. The predicted molar refractivity (Wildman–Crippen MR) is 144 cm³/mol. The summed E-state index contributed by atoms with van der Waals surface area (Å²) in [5.74, 6) is -0.841. The maximum absolute atomic E-state index is 11.5. The maximum Gasteiger partial charge on any atom is 0.307 e. The van der Waals surface area contributed by atoms with Crippen molar-refractivity contribution in [1.29, 1.82) is 0 Å². The Balaban J connectivity index is 1.38. The SMILES string of the molecule is O=C(O)CCCn1cc(CC(=O)O)c2c(CCc3ccc(OCCCc4ccccc4)cc3)cccc21. The van der Waals surface area contributed by atoms with E-state index in [1.165, 1.54) is 11.1 Å². The molecular weight excluding hydrogens is 466 g/mol. The molecule has 4 rings (SSSR count). The minimum absolute atomic E-state index is 0.0598. The molecule has 37 heavy (non-hydrogen) atoms. The van der Waals surface area contributed by atoms with Gasteiger partial charge < -0.3 is 19.5 Å². The summed E-state index contributed by atoms with van der Waals surface area (Å²) in [6, 6.07) is 24.6. The van der Waals surface area contributed by atoms with Gasteiger partial charge in [0, 0.05) is 30.1 Å². The van der Waals surface area contributed by atoms with E-state index < -0.39 is 11.9 Å². The Hall–Kier alpha value is -4.06. The minimum atomic E-state index is -0.876. The van der Waals surface area contributed by atoms with Gasteiger partial charge in [-0.1, -0.05) is 54.6 Å². The molecule has 0 aliphatic carbocycles. The van der Waals surface area contributed by atoms with Gasteiger partial charge in [-0.3, -0.25) is 9.59 Å². The summed E-state index contributed by atoms with van der Waals surface area (Å²) in [5, 5.41) is 19.4. The molecule has 1 aromatic heterocycles. The number of hydrogen-bond acceptors (Lipinski definition) is 3. The molecule has 4 aromatic rings. The highest BCUT2D eigenvalue weighted by molar-refractivity contribution is 5.90. The molecule has 6 nitrogen and oxygen atoms in total. The number of carboxylic acid groups (broad SMARTS) is 2. The third-order valence-corrected chi connectivity index (χ3v) is 6.53. The number of ether oxygens (including phenoxy) is 1. The molecule has 0 unspecified atom stereocenters. The van der Waals surface area contributed by atoms with Gasteiger partial charge >= 0.3 is 11.9 Å². The van der Waals surface area contributed by atoms with E-state index >= 15 is 0 Å². The van der Waals surface area contributed by atoms with Crippen molar-refractivity contribution in [2.24, 2.45) is 0 Å². The van der Waals surface area contributed by atoms with Crippen LogP contribution in [0, 0.1) is 0 Å². The van der Waals surface area contributed by atoms with Crippen molar-refractivity contribution in [3.05, 3.63) is 101 Å². The number of rotatable bonds is 14. The van der Waals surface area contributed by atoms with Gasteiger partial charge in [-0.05, 0) is 72.6 Å². The van der Waals surface area contributed by atoms with Gasteiger partial charge in [0.2, 0.25) is 0 Å². The van der Waals surface area contributed by atoms with Crippen molar-refractivity contribution in [2.75, 3.05) is 6.61 Å². The lowest BCUT2D eigenvalue weighted by molar-refractivity contribution is -0.137. The van der Waals surface area contributed by atoms with Gasteiger partial charge in [0.15, 0.2) is 0 Å². The number of nitrogens with zero attached hydrogens (tertiary/aromatic N) is 1. The Morgan fingerprint density at radius 2 is 1.49 bits per heavy atom. The molecule has 0 aliphatic heterocycles. The largest absolute Gasteiger partial charge is 0.494 e. The van der Waals surface area contributed by atoms with Crippen molar-refractivity contribution in [2.45, 2.75) is 51.5 Å². The number of benzene rings is 3. The first kappa shape index (κ1) is 26.0. The number of hydrogen-bond donors (Lipinski definition) is 2. The van der Waals surface area contributed by atoms with Crippen LogP contribution in [0.3, 0.4) is 0 Å². The summed E-state index contributed by atoms with van der Waals surface area (Å²) in [4.78, 5) is 22.4. The third-order valence-electron chi connectivity index (χ3n) is 6.53. The van der Waals surface area contributed by atoms with Crippen LogP contribution in [0.2, 0.25) is 0 Å². The lowest BCUT2D eigenvalue weighted by Gasteiger charge is -2.09. The highest BCUT2D eigenvalue weighted by Crippen LogP contribution is 2.28. The van der Waals surface area contributed by atoms with Gasteiger partial charge in [-0.2, -0.15) is 0 Å². The third kappa shape index (κ3) is 7.46. The number of carbonyl (C=O) groups is 2. The molecular formula is C31H33NO5. The molecule has 6 heteroatoms. The molecule has 0 atom stereocenters. The van der Waals surface area contributed by atoms with Crippen molar-refractivity contribution in [3.8, 4) is 5.75 Å². The normalized spacial score (nSPS) is 11.0. The second kappa shape index (κ2) is 12.8. The second-order valence-corrected chi connectivity index (χ2v) is 9.31. The summed E-state index contributed by atoms with van der Waals surface area (Å²) in [7, 11) is 0. The molecule has 192 valence electrons. The predicted octanol–water partition coefficient (Wildman–Crippen LogP) is 5.93. The van der Waals surface area contributed by atoms with Crippen LogP contribution in [0.25, 0.3) is 10.9 Å². The molecule has 3 aromatic carbocycles. The fourth-order valence-electron chi connectivity index (χ4n) is 4.75. The van der Waals surface area contributed by atoms with Crippen LogP contribution in [0.4, 0.5) is 0 Å². The van der Waals surface area contributed by atoms with E-state index in [1.807, 2.05) is 41.1 Å². The molecule has 0 amide bonds. The Morgan fingerprint density at radius 1 is 0.730 bits per heavy atom. The number of fused-ring (bicyclic) bond motifs is 1. The number of aliphatic carboxylic acids is 2. The molecule has 0 fully saturated rings. The number of aryl methyl sites for hydroxylation is 4. The van der Waals surface area contributed by atoms with Crippen molar-refractivity contribution < 1.29 is 24.5 Å². The van der Waals surface area contributed by atoms with Crippen LogP contribution < -0.4 is 4.74 Å². The number of aromatic nitrogens is 1. The molecule has 0 spiro atoms. The summed E-state index contributed by atoms with van der Waals surface area (Å²) < 4.78 is 7.90. The van der Waals surface area contributed by atoms with Crippen molar-refractivity contribution in [1.82, 2.24) is 4.57 Å². The van der Waals surface area contributed by atoms with Gasteiger partial charge in [-0.25, -0.2) is 0 Å². The number of carboxylic acids is 2. The summed E-state index contributed by atoms with van der Waals surface area (Å²) in [5.41, 5.74) is 5.34. The van der Waals surface area contributed by atoms with Crippen LogP contribution in [-0.2, 0) is 41.8 Å². The standard InChI is InChI=1S/C31H33NO5/c33-29(34)12-5-19-32-22-26(21-30(35)36)31-25(10-4-11-28(31)32)16-13-24-14-17-27(18-15-24)37-20-6-9-23-7-2-1-3-8-23/h1-4,7-8,10-11,14-15,17-18,22H,5-6,9,12-13,16,19-21H2,(H,33,34)(H,35,36). The van der Waals surface area contributed by atoms with Crippen molar-refractivity contribution >= 4 is 22.8 Å². The van der Waals surface area contributed by atoms with Gasteiger partial charge in [0.1, 0.15) is 5.75 Å². The average Bonchev–Trinajstić information content (AvgIpc) is 3.23. The first-order valence-electron chi connectivity index (χ1n) is 12.8. The zero-order valence-electron chi connectivity index (χ0n) is 20.9. The Kier molecular flexibility index (Phi) is 8.98. The van der Waals surface area contributed by atoms with E-state index in [2.05, 4.69) is 42.5 Å². The first-order chi connectivity index (χ1) is 18.0. The van der Waals surface area contributed by atoms with Gasteiger partial charge in [0.05, 0.1) is 13.0 Å². The Morgan fingerprint density at radius 3 is 2.22 bits per heavy atom. The van der Waals surface area contributed by atoms with Crippen LogP contribution in [0.15, 0.2) is 79.0 Å². The maximum atomic E-state index is 11.5. The average molecular weight is 500 g/mol. The minimum Gasteiger partial charge on any atom is -0.494 e. The van der Waals surface area contributed by atoms with Crippen LogP contribution >= 0.6 is 0 Å². The molecule has 2 N–H and O–H groups in total. The summed E-state index contributed by atoms with van der Waals surface area (Å²) >= 11 is 0. The van der Waals surface area contributed by atoms with E-state index in [0.717, 1.165) is 53.5 Å². The van der Waals surface area contributed by atoms with E-state index in [4.69, 9.17) is 9.84 Å². The Bertz CT molecular complexity index is 1330. The topological polar surface area (TPSA) is 88.8 Å². The molecule has 0 bridgehead atoms. The lowest BCUT2D eigenvalue weighted by atomic mass is 9.98. The zero-order chi connectivity index (χ0) is 26.0. The molecule has 0 aliphatic rings. The molecule has 1 heterocycles. The van der Waals surface area contributed by atoms with Crippen molar-refractivity contribution in [3.63, 3.8) is 0 Å². The highest BCUT2D eigenvalue weighted by atomic mass is 16.5. The first-order valence-corrected chi connectivity index (χ1v) is 12.8. The van der Waals surface area contributed by atoms with E-state index in [9.17, 15) is 14.7 Å². The van der Waals surface area contributed by atoms with Crippen LogP contribution in [0.1, 0.15) is 41.5 Å². The monoisotopic (exact) mass is 499 g/mol. The van der Waals surface area contributed by atoms with Gasteiger partial charge in [-0.15, -0.1) is 0 Å². The zero-order valence-corrected chi connectivity index (χ0v) is 20.9. The molecule has 0 radical (unpaired) electrons. The quantitative estimate of drug-likeness (QED) is 0.210. The summed E-state index contributed by atoms with van der Waals surface area (Å²) in [6.45, 7) is 1.21. The van der Waals surface area contributed by atoms with Crippen LogP contribution in [-0.4, -0.2) is 33.3 Å². The van der Waals surface area contributed by atoms with E-state index in [1.54, 1.807) is 0 Å². The van der Waals surface area contributed by atoms with Gasteiger partial charge in [0.25, 0.3) is 0 Å². The molecule has 0 saturated carbocycles.